The summed E-state index contributed by atoms with van der Waals surface area (Å²) in [6, 6.07) is 0. The second-order valence-electron chi connectivity index (χ2n) is 3.65. The number of amides is 1. The fourth-order valence-electron chi connectivity index (χ4n) is 1.05. The molecule has 92 valence electrons. The molecule has 0 aliphatic carbocycles. The average molecular weight is 217 g/mol. The molecule has 0 radical (unpaired) electrons. The molecule has 0 aromatic carbocycles. The van der Waals surface area contributed by atoms with Crippen LogP contribution in [0.15, 0.2) is 0 Å². The lowest BCUT2D eigenvalue weighted by Crippen LogP contribution is -2.21. The zero-order valence-corrected chi connectivity index (χ0v) is 10.5. The lowest BCUT2D eigenvalue weighted by Gasteiger charge is -1.94. The van der Waals surface area contributed by atoms with Gasteiger partial charge in [0.25, 0.3) is 0 Å². The molecule has 2 N–H and O–H groups in total. The maximum Gasteiger partial charge on any atom is 0.404 e. The lowest BCUT2D eigenvalue weighted by atomic mass is 10.2. The molecule has 3 heteroatoms. The first-order valence-electron chi connectivity index (χ1n) is 6.15. The van der Waals surface area contributed by atoms with Crippen molar-refractivity contribution in [1.82, 2.24) is 5.32 Å². The van der Waals surface area contributed by atoms with Gasteiger partial charge in [0.2, 0.25) is 0 Å². The Hall–Kier alpha value is -0.730. The molecule has 0 spiro atoms. The SMILES string of the molecule is CCCCCCC.CCCCNC(=O)O. The van der Waals surface area contributed by atoms with Gasteiger partial charge in [0.05, 0.1) is 0 Å². The number of carboxylic acid groups (broad SMARTS) is 1. The van der Waals surface area contributed by atoms with E-state index >= 15 is 0 Å². The minimum absolute atomic E-state index is 0.575. The Bertz CT molecular complexity index is 123. The van der Waals surface area contributed by atoms with Crippen molar-refractivity contribution in [2.75, 3.05) is 6.54 Å². The third-order valence-corrected chi connectivity index (χ3v) is 2.01. The molecule has 0 aliphatic heterocycles. The summed E-state index contributed by atoms with van der Waals surface area (Å²) in [6.07, 6.45) is 8.03. The van der Waals surface area contributed by atoms with Crippen LogP contribution in [0.5, 0.6) is 0 Å². The second kappa shape index (κ2) is 15.7. The monoisotopic (exact) mass is 217 g/mol. The highest BCUT2D eigenvalue weighted by Gasteiger charge is 1.88. The van der Waals surface area contributed by atoms with Crippen molar-refractivity contribution in [3.8, 4) is 0 Å². The molecule has 0 heterocycles. The molecule has 0 fully saturated rings. The van der Waals surface area contributed by atoms with E-state index < -0.39 is 6.09 Å². The molecule has 0 bridgehead atoms. The Kier molecular flexibility index (Phi) is 17.5. The maximum absolute atomic E-state index is 9.76. The molecule has 15 heavy (non-hydrogen) atoms. The summed E-state index contributed by atoms with van der Waals surface area (Å²) in [6.45, 7) is 7.08. The Morgan fingerprint density at radius 1 is 0.933 bits per heavy atom. The van der Waals surface area contributed by atoms with E-state index in [1.165, 1.54) is 32.1 Å². The van der Waals surface area contributed by atoms with Crippen molar-refractivity contribution in [3.63, 3.8) is 0 Å². The van der Waals surface area contributed by atoms with Gasteiger partial charge in [0, 0.05) is 6.54 Å². The van der Waals surface area contributed by atoms with E-state index in [9.17, 15) is 4.79 Å². The molecular formula is C12H27NO2. The van der Waals surface area contributed by atoms with Gasteiger partial charge in [-0.25, -0.2) is 4.79 Å². The Balaban J connectivity index is 0. The van der Waals surface area contributed by atoms with E-state index in [4.69, 9.17) is 5.11 Å². The quantitative estimate of drug-likeness (QED) is 0.632. The zero-order valence-electron chi connectivity index (χ0n) is 10.5. The number of rotatable bonds is 7. The predicted molar refractivity (Wildman–Crippen MR) is 65.4 cm³/mol. The summed E-state index contributed by atoms with van der Waals surface area (Å²) in [7, 11) is 0. The molecule has 3 nitrogen and oxygen atoms in total. The Morgan fingerprint density at radius 3 is 1.73 bits per heavy atom. The summed E-state index contributed by atoms with van der Waals surface area (Å²) in [4.78, 5) is 9.76. The van der Waals surface area contributed by atoms with Crippen molar-refractivity contribution >= 4 is 6.09 Å². The smallest absolute Gasteiger partial charge is 0.404 e. The van der Waals surface area contributed by atoms with Crippen LogP contribution < -0.4 is 5.32 Å². The fraction of sp³-hybridized carbons (Fsp3) is 0.917. The number of carbonyl (C=O) groups is 1. The Morgan fingerprint density at radius 2 is 1.40 bits per heavy atom. The van der Waals surface area contributed by atoms with Gasteiger partial charge in [-0.1, -0.05) is 59.3 Å². The van der Waals surface area contributed by atoms with Gasteiger partial charge in [0.1, 0.15) is 0 Å². The van der Waals surface area contributed by atoms with Crippen molar-refractivity contribution < 1.29 is 9.90 Å². The first-order chi connectivity index (χ1) is 7.18. The zero-order chi connectivity index (χ0) is 11.9. The van der Waals surface area contributed by atoms with Crippen LogP contribution in [0.4, 0.5) is 4.79 Å². The van der Waals surface area contributed by atoms with E-state index in [2.05, 4.69) is 19.2 Å². The first-order valence-corrected chi connectivity index (χ1v) is 6.15. The Labute approximate surface area is 94.3 Å². The van der Waals surface area contributed by atoms with Crippen LogP contribution >= 0.6 is 0 Å². The summed E-state index contributed by atoms with van der Waals surface area (Å²) in [5, 5.41) is 10.3. The van der Waals surface area contributed by atoms with Crippen LogP contribution in [0.2, 0.25) is 0 Å². The fourth-order valence-corrected chi connectivity index (χ4v) is 1.05. The molecule has 0 atom stereocenters. The highest BCUT2D eigenvalue weighted by atomic mass is 16.4. The largest absolute Gasteiger partial charge is 0.465 e. The van der Waals surface area contributed by atoms with Crippen LogP contribution in [-0.2, 0) is 0 Å². The van der Waals surface area contributed by atoms with Crippen LogP contribution in [0.1, 0.15) is 65.7 Å². The maximum atomic E-state index is 9.76. The number of hydrogen-bond donors (Lipinski definition) is 2. The molecule has 1 amide bonds. The van der Waals surface area contributed by atoms with Gasteiger partial charge in [-0.05, 0) is 6.42 Å². The van der Waals surface area contributed by atoms with E-state index in [0.29, 0.717) is 6.54 Å². The standard InChI is InChI=1S/C7H16.C5H11NO2/c1-3-5-7-6-4-2;1-2-3-4-6-5(7)8/h3-7H2,1-2H3;6H,2-4H2,1H3,(H,7,8). The molecule has 0 aromatic heterocycles. The van der Waals surface area contributed by atoms with Gasteiger partial charge < -0.3 is 10.4 Å². The third-order valence-electron chi connectivity index (χ3n) is 2.01. The molecule has 0 saturated heterocycles. The molecular weight excluding hydrogens is 190 g/mol. The first kappa shape index (κ1) is 16.7. The normalized spacial score (nSPS) is 9.00. The van der Waals surface area contributed by atoms with Crippen molar-refractivity contribution in [2.24, 2.45) is 0 Å². The summed E-state index contributed by atoms with van der Waals surface area (Å²) < 4.78 is 0. The molecule has 0 aromatic rings. The van der Waals surface area contributed by atoms with Gasteiger partial charge in [0.15, 0.2) is 0 Å². The minimum atomic E-state index is -0.932. The van der Waals surface area contributed by atoms with E-state index in [1.54, 1.807) is 0 Å². The van der Waals surface area contributed by atoms with E-state index in [-0.39, 0.29) is 0 Å². The lowest BCUT2D eigenvalue weighted by molar-refractivity contribution is 0.194. The van der Waals surface area contributed by atoms with Crippen LogP contribution in [0.25, 0.3) is 0 Å². The number of hydrogen-bond acceptors (Lipinski definition) is 1. The molecule has 0 unspecified atom stereocenters. The van der Waals surface area contributed by atoms with Crippen molar-refractivity contribution in [3.05, 3.63) is 0 Å². The van der Waals surface area contributed by atoms with Gasteiger partial charge >= 0.3 is 6.09 Å². The number of unbranched alkanes of at least 4 members (excludes halogenated alkanes) is 5. The van der Waals surface area contributed by atoms with Crippen LogP contribution in [-0.4, -0.2) is 17.7 Å². The van der Waals surface area contributed by atoms with Gasteiger partial charge in [-0.15, -0.1) is 0 Å². The van der Waals surface area contributed by atoms with Crippen molar-refractivity contribution in [2.45, 2.75) is 65.7 Å². The summed E-state index contributed by atoms with van der Waals surface area (Å²) in [5.41, 5.74) is 0. The minimum Gasteiger partial charge on any atom is -0.465 e. The van der Waals surface area contributed by atoms with Gasteiger partial charge in [-0.2, -0.15) is 0 Å². The predicted octanol–water partition coefficient (Wildman–Crippen LogP) is 4.03. The van der Waals surface area contributed by atoms with E-state index in [1.807, 2.05) is 6.92 Å². The number of nitrogens with one attached hydrogen (secondary N) is 1. The van der Waals surface area contributed by atoms with E-state index in [0.717, 1.165) is 12.8 Å². The average Bonchev–Trinajstić information content (AvgIpc) is 2.20. The molecule has 0 rings (SSSR count). The second-order valence-corrected chi connectivity index (χ2v) is 3.65. The van der Waals surface area contributed by atoms with Gasteiger partial charge in [-0.3, -0.25) is 0 Å². The topological polar surface area (TPSA) is 49.3 Å². The third kappa shape index (κ3) is 24.6. The highest BCUT2D eigenvalue weighted by molar-refractivity contribution is 5.64. The molecule has 0 saturated carbocycles. The van der Waals surface area contributed by atoms with Crippen LogP contribution in [0.3, 0.4) is 0 Å². The molecule has 0 aliphatic rings. The summed E-state index contributed by atoms with van der Waals surface area (Å²) in [5.74, 6) is 0. The highest BCUT2D eigenvalue weighted by Crippen LogP contribution is 2.00. The summed E-state index contributed by atoms with van der Waals surface area (Å²) >= 11 is 0. The van der Waals surface area contributed by atoms with Crippen LogP contribution in [0, 0.1) is 0 Å². The van der Waals surface area contributed by atoms with Crippen molar-refractivity contribution in [1.29, 1.82) is 0 Å².